The summed E-state index contributed by atoms with van der Waals surface area (Å²) in [6.07, 6.45) is 4.15. The minimum absolute atomic E-state index is 0.171. The number of aliphatic hydroxyl groups excluding tert-OH is 1. The first-order chi connectivity index (χ1) is 11.0. The number of ether oxygens (including phenoxy) is 1. The van der Waals surface area contributed by atoms with Gasteiger partial charge >= 0.3 is 5.97 Å². The summed E-state index contributed by atoms with van der Waals surface area (Å²) in [7, 11) is 0. The van der Waals surface area contributed by atoms with Gasteiger partial charge in [0.05, 0.1) is 12.0 Å². The third-order valence-corrected chi connectivity index (χ3v) is 5.14. The Bertz CT molecular complexity index is 684. The summed E-state index contributed by atoms with van der Waals surface area (Å²) in [6.45, 7) is 3.74. The van der Waals surface area contributed by atoms with Crippen LogP contribution in [0.25, 0.3) is 5.76 Å². The Labute approximate surface area is 136 Å². The third-order valence-electron chi connectivity index (χ3n) is 5.14. The van der Waals surface area contributed by atoms with Gasteiger partial charge in [0, 0.05) is 5.56 Å². The molecule has 3 rings (SSSR count). The summed E-state index contributed by atoms with van der Waals surface area (Å²) in [5.41, 5.74) is 0.391. The molecule has 23 heavy (non-hydrogen) atoms. The zero-order valence-electron chi connectivity index (χ0n) is 13.6. The van der Waals surface area contributed by atoms with Crippen molar-refractivity contribution in [1.82, 2.24) is 0 Å². The molecule has 2 aliphatic carbocycles. The molecule has 0 aliphatic heterocycles. The van der Waals surface area contributed by atoms with Crippen molar-refractivity contribution in [2.24, 2.45) is 5.92 Å². The van der Waals surface area contributed by atoms with Crippen molar-refractivity contribution >= 4 is 17.5 Å². The molecule has 0 bridgehead atoms. The van der Waals surface area contributed by atoms with Crippen molar-refractivity contribution in [3.05, 3.63) is 41.0 Å². The highest BCUT2D eigenvalue weighted by Gasteiger charge is 2.48. The molecule has 0 aromatic heterocycles. The van der Waals surface area contributed by atoms with Crippen LogP contribution in [0.5, 0.6) is 0 Å². The Hall–Kier alpha value is -2.10. The Morgan fingerprint density at radius 3 is 2.65 bits per heavy atom. The van der Waals surface area contributed by atoms with Gasteiger partial charge in [-0.15, -0.1) is 0 Å². The summed E-state index contributed by atoms with van der Waals surface area (Å²) in [6, 6.07) is 7.31. The number of esters is 1. The lowest BCUT2D eigenvalue weighted by Crippen LogP contribution is -2.42. The number of ketones is 1. The van der Waals surface area contributed by atoms with E-state index in [9.17, 15) is 14.7 Å². The molecule has 2 aliphatic rings. The van der Waals surface area contributed by atoms with Crippen LogP contribution in [0.3, 0.4) is 0 Å². The largest absolute Gasteiger partial charge is 0.506 e. The Morgan fingerprint density at radius 2 is 2.04 bits per heavy atom. The van der Waals surface area contributed by atoms with Crippen molar-refractivity contribution in [2.45, 2.75) is 44.9 Å². The lowest BCUT2D eigenvalue weighted by atomic mass is 9.63. The van der Waals surface area contributed by atoms with Crippen LogP contribution in [0.1, 0.15) is 50.7 Å². The molecule has 1 aromatic rings. The lowest BCUT2D eigenvalue weighted by molar-refractivity contribution is -0.141. The molecule has 122 valence electrons. The molecule has 1 N–H and O–H groups in total. The first kappa shape index (κ1) is 15.8. The van der Waals surface area contributed by atoms with E-state index in [2.05, 4.69) is 0 Å². The van der Waals surface area contributed by atoms with Gasteiger partial charge in [0.25, 0.3) is 0 Å². The summed E-state index contributed by atoms with van der Waals surface area (Å²) >= 11 is 0. The van der Waals surface area contributed by atoms with E-state index in [-0.39, 0.29) is 23.7 Å². The lowest BCUT2D eigenvalue weighted by Gasteiger charge is -2.39. The van der Waals surface area contributed by atoms with Crippen LogP contribution >= 0.6 is 0 Å². The molecule has 1 fully saturated rings. The topological polar surface area (TPSA) is 63.6 Å². The number of aliphatic hydroxyl groups is 1. The number of hydrogen-bond donors (Lipinski definition) is 1. The van der Waals surface area contributed by atoms with Crippen LogP contribution in [0.15, 0.2) is 29.8 Å². The molecule has 4 heteroatoms. The number of fused-ring (bicyclic) bond motifs is 1. The van der Waals surface area contributed by atoms with Crippen LogP contribution < -0.4 is 0 Å². The zero-order chi connectivity index (χ0) is 16.6. The standard InChI is InChI=1S/C19H22O4/c1-3-23-18(22)15-16(20)13-9-4-5-10-14(13)19(2,17(15)21)11-12-7-6-8-12/h4-5,9-10,12,20H,3,6-8,11H2,1-2H3. The first-order valence-electron chi connectivity index (χ1n) is 8.24. The minimum atomic E-state index is -0.782. The predicted molar refractivity (Wildman–Crippen MR) is 86.9 cm³/mol. The van der Waals surface area contributed by atoms with Crippen LogP contribution in [-0.2, 0) is 19.7 Å². The normalized spacial score (nSPS) is 24.2. The van der Waals surface area contributed by atoms with E-state index in [0.717, 1.165) is 18.4 Å². The highest BCUT2D eigenvalue weighted by molar-refractivity contribution is 6.26. The van der Waals surface area contributed by atoms with Crippen LogP contribution in [0.2, 0.25) is 0 Å². The predicted octanol–water partition coefficient (Wildman–Crippen LogP) is 3.55. The minimum Gasteiger partial charge on any atom is -0.506 e. The molecule has 0 spiro atoms. The van der Waals surface area contributed by atoms with Gasteiger partial charge in [-0.1, -0.05) is 43.5 Å². The zero-order valence-corrected chi connectivity index (χ0v) is 13.6. The second-order valence-corrected chi connectivity index (χ2v) is 6.65. The number of benzene rings is 1. The van der Waals surface area contributed by atoms with E-state index in [0.29, 0.717) is 17.9 Å². The van der Waals surface area contributed by atoms with Gasteiger partial charge in [0.2, 0.25) is 0 Å². The van der Waals surface area contributed by atoms with Crippen LogP contribution in [0.4, 0.5) is 0 Å². The average molecular weight is 314 g/mol. The van der Waals surface area contributed by atoms with Crippen LogP contribution in [-0.4, -0.2) is 23.5 Å². The van der Waals surface area contributed by atoms with E-state index in [1.165, 1.54) is 6.42 Å². The highest BCUT2D eigenvalue weighted by Crippen LogP contribution is 2.46. The number of rotatable bonds is 4. The summed E-state index contributed by atoms with van der Waals surface area (Å²) in [5, 5.41) is 10.5. The molecular formula is C19H22O4. The summed E-state index contributed by atoms with van der Waals surface area (Å²) < 4.78 is 5.00. The Balaban J connectivity index is 2.11. The van der Waals surface area contributed by atoms with Crippen molar-refractivity contribution in [1.29, 1.82) is 0 Å². The fourth-order valence-electron chi connectivity index (χ4n) is 3.68. The quantitative estimate of drug-likeness (QED) is 0.682. The van der Waals surface area contributed by atoms with Gasteiger partial charge in [-0.05, 0) is 31.7 Å². The van der Waals surface area contributed by atoms with E-state index in [1.54, 1.807) is 19.1 Å². The second kappa shape index (κ2) is 5.84. The Kier molecular flexibility index (Phi) is 4.00. The van der Waals surface area contributed by atoms with Crippen LogP contribution in [0, 0.1) is 5.92 Å². The number of hydrogen-bond acceptors (Lipinski definition) is 4. The fraction of sp³-hybridized carbons (Fsp3) is 0.474. The maximum atomic E-state index is 13.1. The van der Waals surface area contributed by atoms with Gasteiger partial charge in [0.1, 0.15) is 11.3 Å². The SMILES string of the molecule is CCOC(=O)C1=C(O)c2ccccc2C(C)(CC2CCC2)C1=O. The van der Waals surface area contributed by atoms with E-state index >= 15 is 0 Å². The molecule has 1 saturated carbocycles. The van der Waals surface area contributed by atoms with Gasteiger partial charge in [0.15, 0.2) is 5.78 Å². The summed E-state index contributed by atoms with van der Waals surface area (Å²) in [5.74, 6) is -0.806. The fourth-order valence-corrected chi connectivity index (χ4v) is 3.68. The van der Waals surface area contributed by atoms with E-state index in [1.807, 2.05) is 19.1 Å². The monoisotopic (exact) mass is 314 g/mol. The number of carbonyl (C=O) groups excluding carboxylic acids is 2. The van der Waals surface area contributed by atoms with Crippen molar-refractivity contribution < 1.29 is 19.4 Å². The van der Waals surface area contributed by atoms with Gasteiger partial charge < -0.3 is 9.84 Å². The van der Waals surface area contributed by atoms with Gasteiger partial charge in [-0.3, -0.25) is 4.79 Å². The maximum Gasteiger partial charge on any atom is 0.345 e. The van der Waals surface area contributed by atoms with E-state index < -0.39 is 11.4 Å². The molecular weight excluding hydrogens is 292 g/mol. The number of Topliss-reactive ketones (excluding diaryl/α,β-unsaturated/α-hetero) is 1. The molecule has 0 amide bonds. The molecule has 1 unspecified atom stereocenters. The van der Waals surface area contributed by atoms with Crippen molar-refractivity contribution in [3.8, 4) is 0 Å². The van der Waals surface area contributed by atoms with Gasteiger partial charge in [-0.2, -0.15) is 0 Å². The molecule has 1 atom stereocenters. The number of carbonyl (C=O) groups is 2. The maximum absolute atomic E-state index is 13.1. The molecule has 1 aromatic carbocycles. The molecule has 0 heterocycles. The van der Waals surface area contributed by atoms with Gasteiger partial charge in [-0.25, -0.2) is 4.79 Å². The second-order valence-electron chi connectivity index (χ2n) is 6.65. The third kappa shape index (κ3) is 2.46. The highest BCUT2D eigenvalue weighted by atomic mass is 16.5. The van der Waals surface area contributed by atoms with Crippen molar-refractivity contribution in [3.63, 3.8) is 0 Å². The smallest absolute Gasteiger partial charge is 0.345 e. The molecule has 0 saturated heterocycles. The molecule has 4 nitrogen and oxygen atoms in total. The summed E-state index contributed by atoms with van der Waals surface area (Å²) in [4.78, 5) is 25.3. The first-order valence-corrected chi connectivity index (χ1v) is 8.24. The van der Waals surface area contributed by atoms with Crippen molar-refractivity contribution in [2.75, 3.05) is 6.61 Å². The van der Waals surface area contributed by atoms with E-state index in [4.69, 9.17) is 4.74 Å². The average Bonchev–Trinajstić information content (AvgIpc) is 2.50. The molecule has 0 radical (unpaired) electrons. The Morgan fingerprint density at radius 1 is 1.35 bits per heavy atom.